The van der Waals surface area contributed by atoms with Crippen molar-refractivity contribution in [1.82, 2.24) is 33.6 Å². The van der Waals surface area contributed by atoms with Crippen molar-refractivity contribution in [3.8, 4) is 73.5 Å². The van der Waals surface area contributed by atoms with Crippen molar-refractivity contribution in [2.24, 2.45) is 0 Å². The molecule has 0 saturated carbocycles. The van der Waals surface area contributed by atoms with Gasteiger partial charge in [-0.15, -0.1) is 0 Å². The van der Waals surface area contributed by atoms with Crippen LogP contribution in [0.2, 0.25) is 0 Å². The predicted octanol–water partition coefficient (Wildman–Crippen LogP) is 16.9. The number of aromatic nitrogens is 7. The second-order valence-electron chi connectivity index (χ2n) is 19.1. The maximum Gasteiger partial charge on any atom is 0.164 e. The molecule has 0 bridgehead atoms. The fourth-order valence-corrected chi connectivity index (χ4v) is 11.3. The monoisotopic (exact) mass is 957 g/mol. The lowest BCUT2D eigenvalue weighted by Crippen LogP contribution is -2.04. The highest BCUT2D eigenvalue weighted by Gasteiger charge is 2.22. The van der Waals surface area contributed by atoms with Crippen molar-refractivity contribution >= 4 is 65.5 Å². The Morgan fingerprint density at radius 2 is 0.667 bits per heavy atom. The Hall–Kier alpha value is -10.2. The van der Waals surface area contributed by atoms with Crippen molar-refractivity contribution in [2.75, 3.05) is 0 Å². The molecule has 15 rings (SSSR count). The molecule has 5 heterocycles. The summed E-state index contributed by atoms with van der Waals surface area (Å²) in [7, 11) is 0. The summed E-state index contributed by atoms with van der Waals surface area (Å²) < 4.78 is 7.14. The summed E-state index contributed by atoms with van der Waals surface area (Å²) in [5, 5.41) is 7.03. The molecule has 5 aromatic heterocycles. The summed E-state index contributed by atoms with van der Waals surface area (Å²) in [6.45, 7) is 0. The molecule has 0 aliphatic heterocycles. The molecule has 0 aliphatic rings. The van der Waals surface area contributed by atoms with Gasteiger partial charge in [-0.3, -0.25) is 4.57 Å². The summed E-state index contributed by atoms with van der Waals surface area (Å²) in [4.78, 5) is 20.6. The third-order valence-electron chi connectivity index (χ3n) is 14.7. The molecule has 7 heteroatoms. The fourth-order valence-electron chi connectivity index (χ4n) is 11.3. The highest BCUT2D eigenvalue weighted by molar-refractivity contribution is 6.13. The number of rotatable bonds is 8. The van der Waals surface area contributed by atoms with Crippen LogP contribution in [0.1, 0.15) is 0 Å². The van der Waals surface area contributed by atoms with Crippen molar-refractivity contribution in [1.29, 1.82) is 0 Å². The Balaban J connectivity index is 0.917. The Labute approximate surface area is 431 Å². The van der Waals surface area contributed by atoms with E-state index in [2.05, 4.69) is 208 Å². The molecule has 15 aromatic rings. The molecule has 0 aliphatic carbocycles. The van der Waals surface area contributed by atoms with Gasteiger partial charge >= 0.3 is 0 Å². The van der Waals surface area contributed by atoms with Gasteiger partial charge in [0.05, 0.1) is 39.0 Å². The Bertz CT molecular complexity index is 4590. The van der Waals surface area contributed by atoms with Crippen LogP contribution in [-0.4, -0.2) is 33.6 Å². The zero-order valence-electron chi connectivity index (χ0n) is 40.5. The Morgan fingerprint density at radius 1 is 0.240 bits per heavy atom. The van der Waals surface area contributed by atoms with E-state index in [1.54, 1.807) is 0 Å². The highest BCUT2D eigenvalue weighted by atomic mass is 15.1. The molecule has 0 amide bonds. The SMILES string of the molecule is c1ccc(-c2nc(-c3ccccc3)nc(-c3cccc(-c4ccc(-n5c6ccccc6c6cc(-c7ccc8c(c7)c7ccccc7n8-c7ccccc7)cnc65)c(-n5c6ccccc6c6ccccc65)c4)c3)n2)cc1. The summed E-state index contributed by atoms with van der Waals surface area (Å²) in [6, 6.07) is 90.2. The van der Waals surface area contributed by atoms with Gasteiger partial charge in [-0.25, -0.2) is 19.9 Å². The quantitative estimate of drug-likeness (QED) is 0.152. The fraction of sp³-hybridized carbons (Fsp3) is 0. The number of nitrogens with zero attached hydrogens (tertiary/aromatic N) is 7. The summed E-state index contributed by atoms with van der Waals surface area (Å²) in [5.41, 5.74) is 16.8. The van der Waals surface area contributed by atoms with Gasteiger partial charge in [-0.2, -0.15) is 0 Å². The van der Waals surface area contributed by atoms with Crippen molar-refractivity contribution in [3.63, 3.8) is 0 Å². The number of hydrogen-bond donors (Lipinski definition) is 0. The summed E-state index contributed by atoms with van der Waals surface area (Å²) in [6.07, 6.45) is 2.04. The van der Waals surface area contributed by atoms with Gasteiger partial charge in [-0.05, 0) is 89.5 Å². The molecular weight excluding hydrogens is 915 g/mol. The lowest BCUT2D eigenvalue weighted by Gasteiger charge is -2.18. The normalized spacial score (nSPS) is 11.7. The lowest BCUT2D eigenvalue weighted by molar-refractivity contribution is 1.07. The second kappa shape index (κ2) is 17.2. The first-order chi connectivity index (χ1) is 37.2. The van der Waals surface area contributed by atoms with Crippen LogP contribution >= 0.6 is 0 Å². The molecule has 7 nitrogen and oxygen atoms in total. The zero-order valence-corrected chi connectivity index (χ0v) is 40.5. The molecule has 0 saturated heterocycles. The average molecular weight is 958 g/mol. The van der Waals surface area contributed by atoms with Crippen LogP contribution in [0.15, 0.2) is 261 Å². The minimum Gasteiger partial charge on any atom is -0.309 e. The third kappa shape index (κ3) is 6.97. The van der Waals surface area contributed by atoms with Crippen molar-refractivity contribution in [2.45, 2.75) is 0 Å². The molecule has 0 spiro atoms. The summed E-state index contributed by atoms with van der Waals surface area (Å²) in [5.74, 6) is 1.87. The molecular formula is C68H43N7. The van der Waals surface area contributed by atoms with Gasteiger partial charge < -0.3 is 9.13 Å². The molecule has 0 atom stereocenters. The van der Waals surface area contributed by atoms with Crippen LogP contribution in [-0.2, 0) is 0 Å². The molecule has 0 N–H and O–H groups in total. The highest BCUT2D eigenvalue weighted by Crippen LogP contribution is 2.42. The van der Waals surface area contributed by atoms with E-state index in [-0.39, 0.29) is 0 Å². The van der Waals surface area contributed by atoms with Crippen LogP contribution in [0.4, 0.5) is 0 Å². The number of fused-ring (bicyclic) bond motifs is 9. The Morgan fingerprint density at radius 3 is 1.29 bits per heavy atom. The maximum absolute atomic E-state index is 5.43. The molecule has 10 aromatic carbocycles. The standard InChI is InChI=1S/C68H43N7/c1-4-19-44(20-5-1)65-70-66(45-21-6-2-7-22-45)72-67(71-65)49-24-18-23-46(39-49)48-36-38-63(64(42-48)74-59-32-15-10-27-52(59)53-28-11-16-33-60(53)74)75-61-34-17-13-30-55(61)57-41-50(43-69-68(57)75)47-35-37-62-56(40-47)54-29-12-14-31-58(54)73(62)51-25-8-3-9-26-51/h1-43H. The van der Waals surface area contributed by atoms with E-state index in [1.165, 1.54) is 32.6 Å². The molecule has 350 valence electrons. The minimum atomic E-state index is 0.610. The number of benzene rings is 10. The van der Waals surface area contributed by atoms with E-state index in [0.29, 0.717) is 17.5 Å². The topological polar surface area (TPSA) is 66.3 Å². The van der Waals surface area contributed by atoms with Gasteiger partial charge in [0.2, 0.25) is 0 Å². The van der Waals surface area contributed by atoms with Crippen molar-refractivity contribution < 1.29 is 0 Å². The van der Waals surface area contributed by atoms with Crippen LogP contribution in [0, 0.1) is 0 Å². The predicted molar refractivity (Wildman–Crippen MR) is 308 cm³/mol. The van der Waals surface area contributed by atoms with Crippen LogP contribution in [0.5, 0.6) is 0 Å². The van der Waals surface area contributed by atoms with Crippen LogP contribution in [0.25, 0.3) is 139 Å². The first-order valence-electron chi connectivity index (χ1n) is 25.3. The average Bonchev–Trinajstić information content (AvgIpc) is 4.18. The van der Waals surface area contributed by atoms with Crippen molar-refractivity contribution in [3.05, 3.63) is 261 Å². The van der Waals surface area contributed by atoms with Gasteiger partial charge in [-0.1, -0.05) is 182 Å². The third-order valence-corrected chi connectivity index (χ3v) is 14.7. The molecule has 0 fully saturated rings. The Kier molecular flexibility index (Phi) is 9.75. The largest absolute Gasteiger partial charge is 0.309 e. The first-order valence-corrected chi connectivity index (χ1v) is 25.3. The molecule has 0 unspecified atom stereocenters. The molecule has 0 radical (unpaired) electrons. The van der Waals surface area contributed by atoms with E-state index in [9.17, 15) is 0 Å². The van der Waals surface area contributed by atoms with E-state index < -0.39 is 0 Å². The smallest absolute Gasteiger partial charge is 0.164 e. The van der Waals surface area contributed by atoms with Gasteiger partial charge in [0.1, 0.15) is 5.65 Å². The van der Waals surface area contributed by atoms with Crippen LogP contribution in [0.3, 0.4) is 0 Å². The van der Waals surface area contributed by atoms with E-state index in [1.807, 2.05) is 66.9 Å². The number of hydrogen-bond acceptors (Lipinski definition) is 4. The minimum absolute atomic E-state index is 0.610. The van der Waals surface area contributed by atoms with E-state index in [4.69, 9.17) is 19.9 Å². The maximum atomic E-state index is 5.43. The summed E-state index contributed by atoms with van der Waals surface area (Å²) >= 11 is 0. The number of para-hydroxylation sites is 5. The van der Waals surface area contributed by atoms with Gasteiger partial charge in [0.25, 0.3) is 0 Å². The second-order valence-corrected chi connectivity index (χ2v) is 19.1. The van der Waals surface area contributed by atoms with E-state index in [0.717, 1.165) is 89.0 Å². The van der Waals surface area contributed by atoms with Gasteiger partial charge in [0.15, 0.2) is 17.5 Å². The zero-order chi connectivity index (χ0) is 49.4. The molecule has 75 heavy (non-hydrogen) atoms. The first kappa shape index (κ1) is 42.4. The van der Waals surface area contributed by atoms with E-state index >= 15 is 0 Å². The van der Waals surface area contributed by atoms with Gasteiger partial charge in [0, 0.05) is 66.5 Å². The number of pyridine rings is 1. The lowest BCUT2D eigenvalue weighted by atomic mass is 10.0. The van der Waals surface area contributed by atoms with Crippen LogP contribution < -0.4 is 0 Å².